The van der Waals surface area contributed by atoms with Crippen molar-refractivity contribution in [1.29, 1.82) is 0 Å². The minimum atomic E-state index is -4.55. The Labute approximate surface area is 164 Å². The first-order chi connectivity index (χ1) is 13.6. The predicted octanol–water partition coefficient (Wildman–Crippen LogP) is 3.65. The molecule has 0 aromatic heterocycles. The van der Waals surface area contributed by atoms with Gasteiger partial charge in [0.1, 0.15) is 0 Å². The third-order valence-corrected chi connectivity index (χ3v) is 3.53. The van der Waals surface area contributed by atoms with Gasteiger partial charge in [-0.1, -0.05) is 24.3 Å². The number of benzene rings is 2. The fourth-order valence-electron chi connectivity index (χ4n) is 2.06. The maximum absolute atomic E-state index is 12.2. The van der Waals surface area contributed by atoms with E-state index in [-0.39, 0.29) is 11.1 Å². The number of hydrogen-bond acceptors (Lipinski definition) is 4. The molecule has 30 heavy (non-hydrogen) atoms. The van der Waals surface area contributed by atoms with Gasteiger partial charge in [0.15, 0.2) is 12.2 Å². The number of hydrogen-bond donors (Lipinski definition) is 4. The summed E-state index contributed by atoms with van der Waals surface area (Å²) in [6.45, 7) is 0. The Balaban J connectivity index is 0.000000300. The molecule has 2 atom stereocenters. The van der Waals surface area contributed by atoms with Crippen LogP contribution < -0.4 is 0 Å². The highest BCUT2D eigenvalue weighted by Crippen LogP contribution is 2.31. The largest absolute Gasteiger partial charge is 0.479 e. The highest BCUT2D eigenvalue weighted by molar-refractivity contribution is 5.74. The lowest BCUT2D eigenvalue weighted by atomic mass is 10.1. The van der Waals surface area contributed by atoms with Crippen LogP contribution in [0.5, 0.6) is 0 Å². The molecule has 164 valence electrons. The van der Waals surface area contributed by atoms with Gasteiger partial charge in [0.2, 0.25) is 0 Å². The van der Waals surface area contributed by atoms with Crippen LogP contribution in [0.3, 0.4) is 0 Å². The Morgan fingerprint density at radius 3 is 1.20 bits per heavy atom. The minimum Gasteiger partial charge on any atom is -0.479 e. The topological polar surface area (TPSA) is 115 Å². The summed E-state index contributed by atoms with van der Waals surface area (Å²) in [5.41, 5.74) is -2.56. The normalized spacial score (nSPS) is 13.6. The molecule has 2 aromatic carbocycles. The zero-order valence-corrected chi connectivity index (χ0v) is 14.6. The first-order valence-electron chi connectivity index (χ1n) is 7.80. The number of carboxylic acid groups (broad SMARTS) is 2. The van der Waals surface area contributed by atoms with Gasteiger partial charge < -0.3 is 20.4 Å². The molecule has 0 aliphatic rings. The maximum atomic E-state index is 12.2. The van der Waals surface area contributed by atoms with Gasteiger partial charge in [-0.3, -0.25) is 0 Å². The Bertz CT molecular complexity index is 820. The number of aliphatic hydroxyl groups excluding tert-OH is 2. The molecule has 0 saturated carbocycles. The van der Waals surface area contributed by atoms with Crippen molar-refractivity contribution in [2.45, 2.75) is 24.6 Å². The van der Waals surface area contributed by atoms with Crippen molar-refractivity contribution in [3.63, 3.8) is 0 Å². The second kappa shape index (κ2) is 9.59. The van der Waals surface area contributed by atoms with Crippen LogP contribution in [-0.4, -0.2) is 32.4 Å². The number of carbonyl (C=O) groups is 2. The summed E-state index contributed by atoms with van der Waals surface area (Å²) in [4.78, 5) is 20.7. The van der Waals surface area contributed by atoms with Gasteiger partial charge in [-0.15, -0.1) is 0 Å². The van der Waals surface area contributed by atoms with Gasteiger partial charge in [0.05, 0.1) is 11.1 Å². The molecule has 0 spiro atoms. The summed E-state index contributed by atoms with van der Waals surface area (Å²) in [5.74, 6) is -3.18. The average Bonchev–Trinajstić information content (AvgIpc) is 2.66. The highest BCUT2D eigenvalue weighted by Gasteiger charge is 2.32. The summed E-state index contributed by atoms with van der Waals surface area (Å²) in [7, 11) is 0. The van der Waals surface area contributed by atoms with Crippen molar-refractivity contribution < 1.29 is 56.4 Å². The van der Waals surface area contributed by atoms with Gasteiger partial charge in [-0.05, 0) is 35.4 Å². The van der Waals surface area contributed by atoms with Crippen LogP contribution in [0, 0.1) is 0 Å². The summed E-state index contributed by atoms with van der Waals surface area (Å²) in [5, 5.41) is 34.8. The molecule has 12 heteroatoms. The van der Waals surface area contributed by atoms with Crippen molar-refractivity contribution in [2.24, 2.45) is 0 Å². The summed E-state index contributed by atoms with van der Waals surface area (Å²) >= 11 is 0. The number of alkyl halides is 6. The first-order valence-corrected chi connectivity index (χ1v) is 7.80. The third-order valence-electron chi connectivity index (χ3n) is 3.53. The predicted molar refractivity (Wildman–Crippen MR) is 88.1 cm³/mol. The molecule has 0 radical (unpaired) electrons. The van der Waals surface area contributed by atoms with Crippen molar-refractivity contribution >= 4 is 11.9 Å². The van der Waals surface area contributed by atoms with E-state index < -0.39 is 47.6 Å². The number of aliphatic carboxylic acids is 2. The average molecular weight is 440 g/mol. The lowest BCUT2D eigenvalue weighted by Gasteiger charge is -2.10. The fraction of sp³-hybridized carbons (Fsp3) is 0.222. The van der Waals surface area contributed by atoms with Crippen LogP contribution >= 0.6 is 0 Å². The molecule has 0 aliphatic heterocycles. The molecule has 4 N–H and O–H groups in total. The Hall–Kier alpha value is -3.12. The zero-order valence-electron chi connectivity index (χ0n) is 14.6. The highest BCUT2D eigenvalue weighted by atomic mass is 19.4. The molecular weight excluding hydrogens is 426 g/mol. The van der Waals surface area contributed by atoms with E-state index in [1.54, 1.807) is 0 Å². The van der Waals surface area contributed by atoms with Crippen molar-refractivity contribution in [3.05, 3.63) is 70.8 Å². The molecule has 0 aliphatic carbocycles. The molecular formula is C18H14F6O6. The van der Waals surface area contributed by atoms with Gasteiger partial charge in [0.25, 0.3) is 0 Å². The van der Waals surface area contributed by atoms with E-state index in [1.165, 1.54) is 0 Å². The van der Waals surface area contributed by atoms with Gasteiger partial charge in [0, 0.05) is 0 Å². The molecule has 6 nitrogen and oxygen atoms in total. The van der Waals surface area contributed by atoms with Crippen LogP contribution in [0.25, 0.3) is 0 Å². The second-order valence-electron chi connectivity index (χ2n) is 5.73. The molecule has 0 heterocycles. The Morgan fingerprint density at radius 2 is 0.967 bits per heavy atom. The first kappa shape index (κ1) is 24.9. The quantitative estimate of drug-likeness (QED) is 0.540. The number of rotatable bonds is 4. The molecule has 0 unspecified atom stereocenters. The van der Waals surface area contributed by atoms with Crippen LogP contribution in [0.2, 0.25) is 0 Å². The van der Waals surface area contributed by atoms with E-state index in [9.17, 15) is 35.9 Å². The second-order valence-corrected chi connectivity index (χ2v) is 5.73. The van der Waals surface area contributed by atoms with Gasteiger partial charge in [-0.2, -0.15) is 26.3 Å². The molecule has 2 aromatic rings. The maximum Gasteiger partial charge on any atom is 0.416 e. The summed E-state index contributed by atoms with van der Waals surface area (Å²) < 4.78 is 73.2. The van der Waals surface area contributed by atoms with Gasteiger partial charge in [-0.25, -0.2) is 9.59 Å². The van der Waals surface area contributed by atoms with E-state index >= 15 is 0 Å². The minimum absolute atomic E-state index is 0.294. The van der Waals surface area contributed by atoms with Crippen molar-refractivity contribution in [2.75, 3.05) is 0 Å². The van der Waals surface area contributed by atoms with Crippen LogP contribution in [0.15, 0.2) is 48.5 Å². The Kier molecular flexibility index (Phi) is 7.96. The SMILES string of the molecule is O=C(O)[C@H](O)c1cccc(C(F)(F)F)c1.O=C(O)[C@H](O)c1cccc(C(F)(F)F)c1. The lowest BCUT2D eigenvalue weighted by molar-refractivity contribution is -0.148. The number of carboxylic acids is 2. The number of aliphatic hydroxyl groups is 2. The molecule has 0 bridgehead atoms. The fourth-order valence-corrected chi connectivity index (χ4v) is 2.06. The lowest BCUT2D eigenvalue weighted by Crippen LogP contribution is -2.12. The third kappa shape index (κ3) is 7.04. The van der Waals surface area contributed by atoms with Crippen LogP contribution in [0.4, 0.5) is 26.3 Å². The monoisotopic (exact) mass is 440 g/mol. The van der Waals surface area contributed by atoms with E-state index in [0.717, 1.165) is 36.4 Å². The van der Waals surface area contributed by atoms with Crippen molar-refractivity contribution in [3.8, 4) is 0 Å². The van der Waals surface area contributed by atoms with Gasteiger partial charge >= 0.3 is 24.3 Å². The van der Waals surface area contributed by atoms with E-state index in [2.05, 4.69) is 0 Å². The Morgan fingerprint density at radius 1 is 0.667 bits per heavy atom. The number of halogens is 6. The summed E-state index contributed by atoms with van der Waals surface area (Å²) in [6, 6.07) is 7.16. The zero-order chi connectivity index (χ0) is 23.3. The standard InChI is InChI=1S/2C9H7F3O3/c2*10-9(11,12)6-3-1-2-5(4-6)7(13)8(14)15/h2*1-4,7,13H,(H,14,15)/t2*7-/m11/s1. The van der Waals surface area contributed by atoms with E-state index in [1.807, 2.05) is 0 Å². The smallest absolute Gasteiger partial charge is 0.416 e. The van der Waals surface area contributed by atoms with Crippen LogP contribution in [0.1, 0.15) is 34.5 Å². The van der Waals surface area contributed by atoms with E-state index in [4.69, 9.17) is 20.4 Å². The van der Waals surface area contributed by atoms with E-state index in [0.29, 0.717) is 12.1 Å². The van der Waals surface area contributed by atoms with Crippen molar-refractivity contribution in [1.82, 2.24) is 0 Å². The molecule has 0 fully saturated rings. The molecule has 0 saturated heterocycles. The molecule has 0 amide bonds. The molecule has 2 rings (SSSR count). The summed E-state index contributed by atoms with van der Waals surface area (Å²) in [6.07, 6.45) is -13.0. The van der Waals surface area contributed by atoms with Crippen LogP contribution in [-0.2, 0) is 21.9 Å².